The second-order valence-electron chi connectivity index (χ2n) is 5.88. The standard InChI is InChI=1S/C17H19ClN4O/c1-12-6-8-22(9-7-12)17-19-10-13(11-20-17)16(23)21-15-5-3-2-4-14(15)18/h2-5,10-12H,6-9H2,1H3,(H,21,23). The highest BCUT2D eigenvalue weighted by molar-refractivity contribution is 6.33. The minimum atomic E-state index is -0.267. The fraction of sp³-hybridized carbons (Fsp3) is 0.353. The smallest absolute Gasteiger partial charge is 0.258 e. The number of hydrogen-bond donors (Lipinski definition) is 1. The molecule has 2 aromatic rings. The molecular formula is C17H19ClN4O. The van der Waals surface area contributed by atoms with Gasteiger partial charge in [0, 0.05) is 25.5 Å². The molecule has 120 valence electrons. The van der Waals surface area contributed by atoms with Crippen molar-refractivity contribution in [1.82, 2.24) is 9.97 Å². The van der Waals surface area contributed by atoms with Gasteiger partial charge in [-0.15, -0.1) is 0 Å². The molecule has 3 rings (SSSR count). The van der Waals surface area contributed by atoms with Crippen molar-refractivity contribution in [3.05, 3.63) is 47.2 Å². The molecule has 0 unspecified atom stereocenters. The highest BCUT2D eigenvalue weighted by Gasteiger charge is 2.18. The van der Waals surface area contributed by atoms with E-state index in [9.17, 15) is 4.79 Å². The fourth-order valence-corrected chi connectivity index (χ4v) is 2.75. The number of hydrogen-bond acceptors (Lipinski definition) is 4. The lowest BCUT2D eigenvalue weighted by Crippen LogP contribution is -2.34. The van der Waals surface area contributed by atoms with E-state index in [1.54, 1.807) is 24.5 Å². The molecule has 1 amide bonds. The van der Waals surface area contributed by atoms with E-state index in [-0.39, 0.29) is 5.91 Å². The van der Waals surface area contributed by atoms with E-state index in [0.717, 1.165) is 31.8 Å². The summed E-state index contributed by atoms with van der Waals surface area (Å²) in [6.45, 7) is 4.19. The summed E-state index contributed by atoms with van der Waals surface area (Å²) in [7, 11) is 0. The normalized spacial score (nSPS) is 15.5. The van der Waals surface area contributed by atoms with Gasteiger partial charge in [-0.1, -0.05) is 30.7 Å². The van der Waals surface area contributed by atoms with Crippen molar-refractivity contribution in [1.29, 1.82) is 0 Å². The predicted molar refractivity (Wildman–Crippen MR) is 92.0 cm³/mol. The van der Waals surface area contributed by atoms with E-state index >= 15 is 0 Å². The Balaban J connectivity index is 1.67. The zero-order valence-electron chi connectivity index (χ0n) is 13.0. The van der Waals surface area contributed by atoms with E-state index in [1.165, 1.54) is 0 Å². The van der Waals surface area contributed by atoms with Crippen LogP contribution < -0.4 is 10.2 Å². The maximum absolute atomic E-state index is 12.2. The number of carbonyl (C=O) groups excluding carboxylic acids is 1. The Kier molecular flexibility index (Phi) is 4.76. The number of anilines is 2. The second-order valence-corrected chi connectivity index (χ2v) is 6.28. The minimum absolute atomic E-state index is 0.267. The summed E-state index contributed by atoms with van der Waals surface area (Å²) in [5.74, 6) is 1.18. The van der Waals surface area contributed by atoms with E-state index in [1.807, 2.05) is 12.1 Å². The Morgan fingerprint density at radius 1 is 1.22 bits per heavy atom. The Hall–Kier alpha value is -2.14. The lowest BCUT2D eigenvalue weighted by molar-refractivity contribution is 0.102. The van der Waals surface area contributed by atoms with Gasteiger partial charge in [0.2, 0.25) is 5.95 Å². The van der Waals surface area contributed by atoms with Gasteiger partial charge in [0.05, 0.1) is 16.3 Å². The van der Waals surface area contributed by atoms with Crippen LogP contribution in [0.4, 0.5) is 11.6 Å². The number of para-hydroxylation sites is 1. The van der Waals surface area contributed by atoms with Crippen molar-refractivity contribution < 1.29 is 4.79 Å². The summed E-state index contributed by atoms with van der Waals surface area (Å²) >= 11 is 6.04. The first-order valence-electron chi connectivity index (χ1n) is 7.76. The van der Waals surface area contributed by atoms with Gasteiger partial charge in [-0.3, -0.25) is 4.79 Å². The van der Waals surface area contributed by atoms with Crippen LogP contribution in [0.15, 0.2) is 36.7 Å². The topological polar surface area (TPSA) is 58.1 Å². The van der Waals surface area contributed by atoms with Gasteiger partial charge in [0.15, 0.2) is 0 Å². The van der Waals surface area contributed by atoms with Crippen molar-refractivity contribution in [2.75, 3.05) is 23.3 Å². The molecule has 1 aromatic heterocycles. The maximum Gasteiger partial charge on any atom is 0.258 e. The molecule has 1 aliphatic heterocycles. The van der Waals surface area contributed by atoms with Gasteiger partial charge in [0.1, 0.15) is 0 Å². The van der Waals surface area contributed by atoms with E-state index in [2.05, 4.69) is 27.1 Å². The number of aromatic nitrogens is 2. The highest BCUT2D eigenvalue weighted by atomic mass is 35.5. The van der Waals surface area contributed by atoms with Crippen LogP contribution in [-0.4, -0.2) is 29.0 Å². The van der Waals surface area contributed by atoms with Crippen LogP contribution in [0.5, 0.6) is 0 Å². The van der Waals surface area contributed by atoms with Gasteiger partial charge >= 0.3 is 0 Å². The van der Waals surface area contributed by atoms with Crippen molar-refractivity contribution in [3.8, 4) is 0 Å². The van der Waals surface area contributed by atoms with Crippen LogP contribution in [0.1, 0.15) is 30.1 Å². The summed E-state index contributed by atoms with van der Waals surface area (Å²) in [4.78, 5) is 23.1. The second kappa shape index (κ2) is 6.96. The lowest BCUT2D eigenvalue weighted by atomic mass is 10.00. The third-order valence-electron chi connectivity index (χ3n) is 4.09. The third-order valence-corrected chi connectivity index (χ3v) is 4.42. The zero-order chi connectivity index (χ0) is 16.2. The molecule has 0 aliphatic carbocycles. The summed E-state index contributed by atoms with van der Waals surface area (Å²) < 4.78 is 0. The molecule has 1 aromatic carbocycles. The lowest BCUT2D eigenvalue weighted by Gasteiger charge is -2.30. The summed E-state index contributed by atoms with van der Waals surface area (Å²) in [5.41, 5.74) is 0.993. The number of nitrogens with zero attached hydrogens (tertiary/aromatic N) is 3. The average Bonchev–Trinajstić information content (AvgIpc) is 2.58. The molecule has 1 fully saturated rings. The molecule has 1 N–H and O–H groups in total. The van der Waals surface area contributed by atoms with Crippen LogP contribution in [0, 0.1) is 5.92 Å². The van der Waals surface area contributed by atoms with E-state index in [0.29, 0.717) is 22.2 Å². The summed E-state index contributed by atoms with van der Waals surface area (Å²) in [6, 6.07) is 7.12. The molecule has 1 aliphatic rings. The number of rotatable bonds is 3. The van der Waals surface area contributed by atoms with E-state index < -0.39 is 0 Å². The fourth-order valence-electron chi connectivity index (χ4n) is 2.57. The number of piperidine rings is 1. The van der Waals surface area contributed by atoms with Gasteiger partial charge in [0.25, 0.3) is 5.91 Å². The number of carbonyl (C=O) groups is 1. The predicted octanol–water partition coefficient (Wildman–Crippen LogP) is 3.62. The SMILES string of the molecule is CC1CCN(c2ncc(C(=O)Nc3ccccc3Cl)cn2)CC1. The molecule has 2 heterocycles. The Morgan fingerprint density at radius 3 is 2.52 bits per heavy atom. The summed E-state index contributed by atoms with van der Waals surface area (Å²) in [6.07, 6.45) is 5.43. The molecule has 0 radical (unpaired) electrons. The van der Waals surface area contributed by atoms with Gasteiger partial charge < -0.3 is 10.2 Å². The molecule has 6 heteroatoms. The Bertz CT molecular complexity index is 681. The van der Waals surface area contributed by atoms with Crippen molar-refractivity contribution in [3.63, 3.8) is 0 Å². The molecule has 0 bridgehead atoms. The monoisotopic (exact) mass is 330 g/mol. The third kappa shape index (κ3) is 3.79. The van der Waals surface area contributed by atoms with Crippen LogP contribution in [0.2, 0.25) is 5.02 Å². The van der Waals surface area contributed by atoms with Crippen molar-refractivity contribution in [2.45, 2.75) is 19.8 Å². The molecule has 0 saturated carbocycles. The van der Waals surface area contributed by atoms with Crippen molar-refractivity contribution >= 4 is 29.1 Å². The zero-order valence-corrected chi connectivity index (χ0v) is 13.8. The van der Waals surface area contributed by atoms with Crippen molar-refractivity contribution in [2.24, 2.45) is 5.92 Å². The van der Waals surface area contributed by atoms with Crippen LogP contribution >= 0.6 is 11.6 Å². The Morgan fingerprint density at radius 2 is 1.87 bits per heavy atom. The number of halogens is 1. The molecule has 23 heavy (non-hydrogen) atoms. The van der Waals surface area contributed by atoms with E-state index in [4.69, 9.17) is 11.6 Å². The molecule has 0 spiro atoms. The average molecular weight is 331 g/mol. The quantitative estimate of drug-likeness (QED) is 0.933. The van der Waals surface area contributed by atoms with Gasteiger partial charge in [-0.25, -0.2) is 9.97 Å². The summed E-state index contributed by atoms with van der Waals surface area (Å²) in [5, 5.41) is 3.27. The molecule has 5 nitrogen and oxygen atoms in total. The molecular weight excluding hydrogens is 312 g/mol. The van der Waals surface area contributed by atoms with Crippen LogP contribution in [0.25, 0.3) is 0 Å². The highest BCUT2D eigenvalue weighted by Crippen LogP contribution is 2.22. The minimum Gasteiger partial charge on any atom is -0.341 e. The first-order chi connectivity index (χ1) is 11.1. The first kappa shape index (κ1) is 15.7. The first-order valence-corrected chi connectivity index (χ1v) is 8.14. The number of nitrogens with one attached hydrogen (secondary N) is 1. The van der Waals surface area contributed by atoms with Crippen LogP contribution in [0.3, 0.4) is 0 Å². The Labute approximate surface area is 140 Å². The maximum atomic E-state index is 12.2. The molecule has 1 saturated heterocycles. The van der Waals surface area contributed by atoms with Crippen LogP contribution in [-0.2, 0) is 0 Å². The van der Waals surface area contributed by atoms with Gasteiger partial charge in [-0.2, -0.15) is 0 Å². The number of amides is 1. The van der Waals surface area contributed by atoms with Gasteiger partial charge in [-0.05, 0) is 30.9 Å². The largest absolute Gasteiger partial charge is 0.341 e. The number of benzene rings is 1. The molecule has 0 atom stereocenters.